The van der Waals surface area contributed by atoms with E-state index in [-0.39, 0.29) is 17.9 Å². The number of hydrogen-bond donors (Lipinski definition) is 1. The lowest BCUT2D eigenvalue weighted by Crippen LogP contribution is -2.49. The van der Waals surface area contributed by atoms with E-state index in [1.807, 2.05) is 84.6 Å². The van der Waals surface area contributed by atoms with Gasteiger partial charge in [0, 0.05) is 12.0 Å². The molecule has 1 heterocycles. The molecule has 0 atom stereocenters. The van der Waals surface area contributed by atoms with E-state index in [1.165, 1.54) is 0 Å². The predicted molar refractivity (Wildman–Crippen MR) is 162 cm³/mol. The van der Waals surface area contributed by atoms with Crippen molar-refractivity contribution in [3.63, 3.8) is 0 Å². The van der Waals surface area contributed by atoms with Crippen molar-refractivity contribution in [1.82, 2.24) is 5.43 Å². The number of ketones is 1. The summed E-state index contributed by atoms with van der Waals surface area (Å²) in [6, 6.07) is 8.68. The van der Waals surface area contributed by atoms with Crippen molar-refractivity contribution in [3.8, 4) is 0 Å². The number of carbonyl (C=O) groups excluding carboxylic acids is 1. The van der Waals surface area contributed by atoms with Crippen LogP contribution < -0.4 is 5.43 Å². The molecule has 37 heavy (non-hydrogen) atoms. The first-order valence-corrected chi connectivity index (χ1v) is 29.1. The van der Waals surface area contributed by atoms with Gasteiger partial charge < -0.3 is 16.9 Å². The van der Waals surface area contributed by atoms with Gasteiger partial charge in [0.15, 0.2) is 33.3 Å². The molecule has 0 amide bonds. The summed E-state index contributed by atoms with van der Waals surface area (Å²) < 4.78 is 55.8. The molecule has 2 rings (SSSR count). The molecule has 0 saturated carbocycles. The van der Waals surface area contributed by atoms with E-state index in [9.17, 15) is 4.79 Å². The van der Waals surface area contributed by atoms with E-state index in [0.717, 1.165) is 0 Å². The average Bonchev–Trinajstić information content (AvgIpc) is 3.10. The molecule has 0 bridgehead atoms. The molecule has 1 aliphatic heterocycles. The second-order valence-electron chi connectivity index (χ2n) is 13.2. The zero-order valence-electron chi connectivity index (χ0n) is 24.3. The Balaban J connectivity index is 2.84. The van der Waals surface area contributed by atoms with Gasteiger partial charge in [-0.25, -0.2) is 0 Å². The SMILES string of the molecule is C[Si](C)(C)OP(=O)(O[Si](C)(C)C)C1(P(=O)(O[Si](C)(C)C)O[Si](C)(C)C)CC(C(=O)c2ccccc2)=NN1. The number of carbonyl (C=O) groups is 1. The first-order valence-electron chi connectivity index (χ1n) is 12.4. The summed E-state index contributed by atoms with van der Waals surface area (Å²) >= 11 is 0. The zero-order chi connectivity index (χ0) is 28.7. The summed E-state index contributed by atoms with van der Waals surface area (Å²) in [7, 11) is -18.9. The maximum atomic E-state index is 15.2. The number of hydrogen-bond acceptors (Lipinski definition) is 9. The fourth-order valence-corrected chi connectivity index (χ4v) is 22.2. The lowest BCUT2D eigenvalue weighted by Gasteiger charge is -2.46. The third-order valence-electron chi connectivity index (χ3n) is 4.56. The van der Waals surface area contributed by atoms with Gasteiger partial charge in [0.05, 0.1) is 0 Å². The molecule has 1 aliphatic rings. The molecule has 0 unspecified atom stereocenters. The molecule has 9 nitrogen and oxygen atoms in total. The van der Waals surface area contributed by atoms with Crippen LogP contribution in [0.1, 0.15) is 16.8 Å². The molecule has 1 aromatic carbocycles. The molecule has 0 spiro atoms. The summed E-state index contributed by atoms with van der Waals surface area (Å²) in [5.41, 5.74) is 3.36. The van der Waals surface area contributed by atoms with Crippen LogP contribution in [0.2, 0.25) is 78.6 Å². The molecule has 15 heteroatoms. The fraction of sp³-hybridized carbons (Fsp3) is 0.636. The Labute approximate surface area is 226 Å². The Morgan fingerprint density at radius 2 is 1.08 bits per heavy atom. The monoisotopic (exact) mass is 622 g/mol. The van der Waals surface area contributed by atoms with Gasteiger partial charge in [0.1, 0.15) is 5.71 Å². The van der Waals surface area contributed by atoms with Crippen molar-refractivity contribution in [2.45, 2.75) is 90.0 Å². The Bertz CT molecular complexity index is 1030. The minimum Gasteiger partial charge on any atom is -0.349 e. The lowest BCUT2D eigenvalue weighted by atomic mass is 10.1. The second-order valence-corrected chi connectivity index (χ2v) is 36.9. The molecule has 1 N–H and O–H groups in total. The van der Waals surface area contributed by atoms with Gasteiger partial charge >= 0.3 is 15.2 Å². The summed E-state index contributed by atoms with van der Waals surface area (Å²) in [6.07, 6.45) is -0.279. The highest BCUT2D eigenvalue weighted by Crippen LogP contribution is 2.80. The molecular weight excluding hydrogens is 579 g/mol. The minimum atomic E-state index is -4.33. The smallest absolute Gasteiger partial charge is 0.349 e. The van der Waals surface area contributed by atoms with Crippen molar-refractivity contribution in [2.24, 2.45) is 5.10 Å². The second kappa shape index (κ2) is 10.8. The van der Waals surface area contributed by atoms with Crippen molar-refractivity contribution < 1.29 is 30.8 Å². The van der Waals surface area contributed by atoms with E-state index in [4.69, 9.17) is 16.9 Å². The van der Waals surface area contributed by atoms with Gasteiger partial charge in [-0.05, 0) is 78.6 Å². The van der Waals surface area contributed by atoms with Gasteiger partial charge in [0.25, 0.3) is 5.02 Å². The molecular formula is C22H44N2O7P2Si4. The van der Waals surface area contributed by atoms with E-state index < -0.39 is 53.5 Å². The molecule has 210 valence electrons. The molecule has 0 fully saturated rings. The first kappa shape index (κ1) is 32.7. The number of hydrazone groups is 1. The van der Waals surface area contributed by atoms with E-state index in [0.29, 0.717) is 5.56 Å². The summed E-state index contributed by atoms with van der Waals surface area (Å²) in [5.74, 6) is -0.366. The Morgan fingerprint density at radius 1 is 0.730 bits per heavy atom. The van der Waals surface area contributed by atoms with Gasteiger partial charge in [-0.2, -0.15) is 5.10 Å². The van der Waals surface area contributed by atoms with Gasteiger partial charge in [0.2, 0.25) is 5.78 Å². The third kappa shape index (κ3) is 8.50. The molecule has 0 aliphatic carbocycles. The normalized spacial score (nSPS) is 17.4. The predicted octanol–water partition coefficient (Wildman–Crippen LogP) is 7.66. The highest BCUT2D eigenvalue weighted by atomic mass is 31.2. The van der Waals surface area contributed by atoms with Crippen molar-refractivity contribution in [2.75, 3.05) is 0 Å². The van der Waals surface area contributed by atoms with Crippen LogP contribution in [-0.2, 0) is 26.0 Å². The largest absolute Gasteiger partial charge is 0.351 e. The lowest BCUT2D eigenvalue weighted by molar-refractivity contribution is 0.106. The molecule has 0 radical (unpaired) electrons. The van der Waals surface area contributed by atoms with Crippen LogP contribution in [0, 0.1) is 0 Å². The van der Waals surface area contributed by atoms with E-state index >= 15 is 9.13 Å². The van der Waals surface area contributed by atoms with Crippen LogP contribution in [0.3, 0.4) is 0 Å². The summed E-state index contributed by atoms with van der Waals surface area (Å²) in [6.45, 7) is 22.6. The Kier molecular flexibility index (Phi) is 9.59. The average molecular weight is 623 g/mol. The highest BCUT2D eigenvalue weighted by molar-refractivity contribution is 7.76. The zero-order valence-corrected chi connectivity index (χ0v) is 30.1. The molecule has 1 aromatic rings. The van der Waals surface area contributed by atoms with Gasteiger partial charge in [-0.15, -0.1) is 0 Å². The van der Waals surface area contributed by atoms with Crippen LogP contribution in [0.5, 0.6) is 0 Å². The van der Waals surface area contributed by atoms with E-state index in [1.54, 1.807) is 24.3 Å². The van der Waals surface area contributed by atoms with Crippen LogP contribution in [0.15, 0.2) is 35.4 Å². The fourth-order valence-electron chi connectivity index (χ4n) is 3.60. The molecule has 0 saturated heterocycles. The standard InChI is InChI=1S/C22H44N2O7P2Si4/c1-34(2,3)28-32(26,29-35(4,5)6)22(33(27,30-36(7,8)9)31-37(10,11)12)18-20(23-24-22)21(25)19-16-14-13-15-17-19/h13-17,24H,18H2,1-12H3. The first-order chi connectivity index (χ1) is 16.4. The number of rotatable bonds is 12. The van der Waals surface area contributed by atoms with Crippen LogP contribution >= 0.6 is 15.2 Å². The molecule has 0 aromatic heterocycles. The summed E-state index contributed by atoms with van der Waals surface area (Å²) in [5, 5.41) is 2.33. The maximum absolute atomic E-state index is 15.2. The van der Waals surface area contributed by atoms with Crippen molar-refractivity contribution >= 4 is 60.0 Å². The minimum absolute atomic E-state index is 0.0725. The number of nitrogens with one attached hydrogen (secondary N) is 1. The summed E-state index contributed by atoms with van der Waals surface area (Å²) in [4.78, 5) is 13.5. The van der Waals surface area contributed by atoms with Gasteiger partial charge in [-0.1, -0.05) is 30.3 Å². The van der Waals surface area contributed by atoms with Gasteiger partial charge in [-0.3, -0.25) is 19.4 Å². The number of benzene rings is 1. The number of Topliss-reactive ketones (excluding diaryl/α,β-unsaturated/α-hetero) is 1. The Morgan fingerprint density at radius 3 is 1.41 bits per heavy atom. The van der Waals surface area contributed by atoms with Crippen LogP contribution in [-0.4, -0.2) is 49.8 Å². The Hall–Kier alpha value is -0.472. The van der Waals surface area contributed by atoms with Crippen LogP contribution in [0.4, 0.5) is 0 Å². The van der Waals surface area contributed by atoms with Crippen molar-refractivity contribution in [1.29, 1.82) is 0 Å². The van der Waals surface area contributed by atoms with E-state index in [2.05, 4.69) is 10.5 Å². The third-order valence-corrected chi connectivity index (χ3v) is 21.0. The van der Waals surface area contributed by atoms with Crippen molar-refractivity contribution in [3.05, 3.63) is 35.9 Å². The highest BCUT2D eigenvalue weighted by Gasteiger charge is 2.71. The quantitative estimate of drug-likeness (QED) is 0.144. The van der Waals surface area contributed by atoms with Crippen LogP contribution in [0.25, 0.3) is 0 Å². The number of nitrogens with zero attached hydrogens (tertiary/aromatic N) is 1. The topological polar surface area (TPSA) is 113 Å². The maximum Gasteiger partial charge on any atom is 0.351 e.